The third kappa shape index (κ3) is 4.03. The van der Waals surface area contributed by atoms with Crippen LogP contribution in [0.4, 0.5) is 0 Å². The normalized spacial score (nSPS) is 17.2. The zero-order valence-electron chi connectivity index (χ0n) is 12.1. The number of carbonyl (C=O) groups excluding carboxylic acids is 1. The van der Waals surface area contributed by atoms with Crippen LogP contribution in [0.25, 0.3) is 0 Å². The van der Waals surface area contributed by atoms with E-state index in [1.165, 1.54) is 11.1 Å². The lowest BCUT2D eigenvalue weighted by molar-refractivity contribution is -0.108. The van der Waals surface area contributed by atoms with Gasteiger partial charge in [-0.15, -0.1) is 0 Å². The molecule has 1 aromatic carbocycles. The lowest BCUT2D eigenvalue weighted by Gasteiger charge is -2.28. The number of hydrogen-bond acceptors (Lipinski definition) is 3. The molecule has 2 rings (SSSR count). The van der Waals surface area contributed by atoms with Gasteiger partial charge in [-0.3, -0.25) is 9.69 Å². The van der Waals surface area contributed by atoms with E-state index in [0.717, 1.165) is 31.8 Å². The molecule has 0 atom stereocenters. The highest BCUT2D eigenvalue weighted by atomic mass is 16.1. The molecule has 4 heteroatoms. The number of hydrogen-bond donors (Lipinski definition) is 1. The molecule has 0 saturated heterocycles. The van der Waals surface area contributed by atoms with Gasteiger partial charge in [-0.2, -0.15) is 0 Å². The summed E-state index contributed by atoms with van der Waals surface area (Å²) in [5, 5.41) is 2.59. The fourth-order valence-electron chi connectivity index (χ4n) is 2.32. The van der Waals surface area contributed by atoms with E-state index in [0.29, 0.717) is 12.2 Å². The van der Waals surface area contributed by atoms with Crippen molar-refractivity contribution in [3.05, 3.63) is 47.2 Å². The monoisotopic (exact) mass is 271 g/mol. The summed E-state index contributed by atoms with van der Waals surface area (Å²) in [5.74, 6) is 0.649. The van der Waals surface area contributed by atoms with Crippen LogP contribution >= 0.6 is 0 Å². The third-order valence-electron chi connectivity index (χ3n) is 3.49. The summed E-state index contributed by atoms with van der Waals surface area (Å²) in [6.45, 7) is 6.75. The Balaban J connectivity index is 2.04. The number of benzene rings is 1. The Hall–Kier alpha value is -1.94. The molecule has 1 aliphatic heterocycles. The van der Waals surface area contributed by atoms with E-state index in [9.17, 15) is 4.79 Å². The first-order valence-electron chi connectivity index (χ1n) is 6.89. The van der Waals surface area contributed by atoms with Gasteiger partial charge < -0.3 is 5.32 Å². The largest absolute Gasteiger partial charge is 0.317 e. The number of carbonyl (C=O) groups is 1. The van der Waals surface area contributed by atoms with Crippen molar-refractivity contribution in [3.8, 4) is 0 Å². The summed E-state index contributed by atoms with van der Waals surface area (Å²) in [5.41, 5.74) is 3.69. The molecule has 1 aliphatic rings. The first-order chi connectivity index (χ1) is 9.69. The molecule has 1 heterocycles. The van der Waals surface area contributed by atoms with Crippen molar-refractivity contribution in [2.45, 2.75) is 26.8 Å². The fourth-order valence-corrected chi connectivity index (χ4v) is 2.32. The van der Waals surface area contributed by atoms with Crippen LogP contribution in [0.15, 0.2) is 46.6 Å². The molecule has 0 aliphatic carbocycles. The van der Waals surface area contributed by atoms with Gasteiger partial charge in [0.2, 0.25) is 6.41 Å². The van der Waals surface area contributed by atoms with Gasteiger partial charge in [-0.05, 0) is 31.4 Å². The van der Waals surface area contributed by atoms with Gasteiger partial charge in [-0.1, -0.05) is 30.3 Å². The Kier molecular flexibility index (Phi) is 5.07. The van der Waals surface area contributed by atoms with Crippen LogP contribution in [0, 0.1) is 0 Å². The molecule has 0 spiro atoms. The number of amidine groups is 1. The molecule has 0 aromatic heterocycles. The predicted octanol–water partition coefficient (Wildman–Crippen LogP) is 2.33. The first-order valence-corrected chi connectivity index (χ1v) is 6.89. The average Bonchev–Trinajstić information content (AvgIpc) is 2.44. The lowest BCUT2D eigenvalue weighted by atomic mass is 10.1. The van der Waals surface area contributed by atoms with Gasteiger partial charge in [0.25, 0.3) is 0 Å². The van der Waals surface area contributed by atoms with Crippen molar-refractivity contribution in [1.29, 1.82) is 0 Å². The van der Waals surface area contributed by atoms with Crippen LogP contribution in [-0.4, -0.2) is 30.2 Å². The molecule has 0 fully saturated rings. The van der Waals surface area contributed by atoms with Gasteiger partial charge in [0.05, 0.1) is 5.70 Å². The molecule has 106 valence electrons. The maximum Gasteiger partial charge on any atom is 0.212 e. The summed E-state index contributed by atoms with van der Waals surface area (Å²) in [6, 6.07) is 10.5. The van der Waals surface area contributed by atoms with Crippen LogP contribution in [0.5, 0.6) is 0 Å². The van der Waals surface area contributed by atoms with Gasteiger partial charge in [-0.25, -0.2) is 4.99 Å². The van der Waals surface area contributed by atoms with Gasteiger partial charge in [0.15, 0.2) is 0 Å². The van der Waals surface area contributed by atoms with Gasteiger partial charge in [0, 0.05) is 19.6 Å². The van der Waals surface area contributed by atoms with E-state index in [1.807, 2.05) is 13.0 Å². The molecule has 0 unspecified atom stereocenters. The molecule has 1 aromatic rings. The molecular formula is C16H21N3O. The Bertz CT molecular complexity index is 520. The number of aliphatic imine (C=N–C) groups is 1. The molecule has 20 heavy (non-hydrogen) atoms. The van der Waals surface area contributed by atoms with E-state index in [1.54, 1.807) is 0 Å². The van der Waals surface area contributed by atoms with Crippen LogP contribution < -0.4 is 5.32 Å². The van der Waals surface area contributed by atoms with Crippen LogP contribution in [0.3, 0.4) is 0 Å². The van der Waals surface area contributed by atoms with Crippen molar-refractivity contribution < 1.29 is 4.79 Å². The number of amides is 1. The first kappa shape index (κ1) is 14.5. The van der Waals surface area contributed by atoms with E-state index >= 15 is 0 Å². The van der Waals surface area contributed by atoms with Crippen molar-refractivity contribution in [3.63, 3.8) is 0 Å². The van der Waals surface area contributed by atoms with E-state index < -0.39 is 0 Å². The van der Waals surface area contributed by atoms with E-state index in [4.69, 9.17) is 0 Å². The molecule has 4 nitrogen and oxygen atoms in total. The maximum atomic E-state index is 10.4. The fraction of sp³-hybridized carbons (Fsp3) is 0.375. The van der Waals surface area contributed by atoms with Crippen molar-refractivity contribution >= 4 is 12.2 Å². The van der Waals surface area contributed by atoms with Crippen molar-refractivity contribution in [1.82, 2.24) is 10.2 Å². The Morgan fingerprint density at radius 3 is 2.85 bits per heavy atom. The topological polar surface area (TPSA) is 44.7 Å². The SMILES string of the molecule is CC(=NC1=C(C)CCN(Cc2ccccc2)C1)NC=O. The minimum atomic E-state index is 0.649. The second kappa shape index (κ2) is 7.01. The zero-order chi connectivity index (χ0) is 14.4. The highest BCUT2D eigenvalue weighted by Crippen LogP contribution is 2.20. The number of nitrogens with zero attached hydrogens (tertiary/aromatic N) is 2. The molecule has 0 radical (unpaired) electrons. The molecule has 1 amide bonds. The predicted molar refractivity (Wildman–Crippen MR) is 81.3 cm³/mol. The Labute approximate surface area is 120 Å². The van der Waals surface area contributed by atoms with Crippen molar-refractivity contribution in [2.24, 2.45) is 4.99 Å². The molecule has 1 N–H and O–H groups in total. The van der Waals surface area contributed by atoms with E-state index in [2.05, 4.69) is 46.4 Å². The minimum absolute atomic E-state index is 0.649. The smallest absolute Gasteiger partial charge is 0.212 e. The molecule has 0 bridgehead atoms. The second-order valence-corrected chi connectivity index (χ2v) is 5.13. The zero-order valence-corrected chi connectivity index (χ0v) is 12.1. The standard InChI is InChI=1S/C16H21N3O/c1-13-8-9-19(10-15-6-4-3-5-7-15)11-16(13)18-14(2)17-12-20/h3-7,12H,8-11H2,1-2H3,(H,17,18,20). The van der Waals surface area contributed by atoms with E-state index in [-0.39, 0.29) is 0 Å². The summed E-state index contributed by atoms with van der Waals surface area (Å²) in [4.78, 5) is 17.3. The maximum absolute atomic E-state index is 10.4. The quantitative estimate of drug-likeness (QED) is 0.519. The number of nitrogens with one attached hydrogen (secondary N) is 1. The Morgan fingerprint density at radius 2 is 2.15 bits per heavy atom. The third-order valence-corrected chi connectivity index (χ3v) is 3.49. The molecule has 0 saturated carbocycles. The van der Waals surface area contributed by atoms with Crippen LogP contribution in [0.1, 0.15) is 25.8 Å². The Morgan fingerprint density at radius 1 is 1.40 bits per heavy atom. The summed E-state index contributed by atoms with van der Waals surface area (Å²) >= 11 is 0. The van der Waals surface area contributed by atoms with Crippen LogP contribution in [-0.2, 0) is 11.3 Å². The second-order valence-electron chi connectivity index (χ2n) is 5.13. The number of rotatable bonds is 4. The summed E-state index contributed by atoms with van der Waals surface area (Å²) in [7, 11) is 0. The minimum Gasteiger partial charge on any atom is -0.317 e. The lowest BCUT2D eigenvalue weighted by Crippen LogP contribution is -2.31. The van der Waals surface area contributed by atoms with Gasteiger partial charge >= 0.3 is 0 Å². The van der Waals surface area contributed by atoms with Crippen molar-refractivity contribution in [2.75, 3.05) is 13.1 Å². The highest BCUT2D eigenvalue weighted by molar-refractivity contribution is 5.89. The molecular weight excluding hydrogens is 250 g/mol. The summed E-state index contributed by atoms with van der Waals surface area (Å²) < 4.78 is 0. The highest BCUT2D eigenvalue weighted by Gasteiger charge is 2.16. The van der Waals surface area contributed by atoms with Gasteiger partial charge in [0.1, 0.15) is 5.84 Å². The van der Waals surface area contributed by atoms with Crippen LogP contribution in [0.2, 0.25) is 0 Å². The average molecular weight is 271 g/mol. The summed E-state index contributed by atoms with van der Waals surface area (Å²) in [6.07, 6.45) is 1.69.